The summed E-state index contributed by atoms with van der Waals surface area (Å²) in [5.41, 5.74) is 2.77. The first-order valence-corrected chi connectivity index (χ1v) is 12.1. The Hall–Kier alpha value is -0.778. The van der Waals surface area contributed by atoms with Gasteiger partial charge in [-0.1, -0.05) is 26.8 Å². The van der Waals surface area contributed by atoms with E-state index in [2.05, 4.69) is 87.5 Å². The number of aryl methyl sites for hydroxylation is 1. The van der Waals surface area contributed by atoms with Crippen LogP contribution in [0.3, 0.4) is 0 Å². The van der Waals surface area contributed by atoms with Crippen molar-refractivity contribution in [1.82, 2.24) is 0 Å². The van der Waals surface area contributed by atoms with Crippen molar-refractivity contribution in [2.24, 2.45) is 0 Å². The first-order valence-electron chi connectivity index (χ1n) is 9.23. The monoisotopic (exact) mass is 362 g/mol. The van der Waals surface area contributed by atoms with Crippen LogP contribution in [0.1, 0.15) is 59.6 Å². The summed E-state index contributed by atoms with van der Waals surface area (Å²) in [5, 5.41) is 0.160. The van der Waals surface area contributed by atoms with Crippen LogP contribution in [0.5, 0.6) is 5.75 Å². The van der Waals surface area contributed by atoms with E-state index in [1.165, 1.54) is 11.1 Å². The second-order valence-electron chi connectivity index (χ2n) is 9.91. The van der Waals surface area contributed by atoms with Crippen molar-refractivity contribution >= 4 is 20.9 Å². The Labute approximate surface area is 155 Å². The maximum absolute atomic E-state index is 6.61. The molecule has 0 amide bonds. The van der Waals surface area contributed by atoms with Gasteiger partial charge in [-0.2, -0.15) is 0 Å². The van der Waals surface area contributed by atoms with Crippen LogP contribution < -0.4 is 9.89 Å². The van der Waals surface area contributed by atoms with Crippen molar-refractivity contribution in [2.75, 3.05) is 0 Å². The molecule has 1 aromatic rings. The Kier molecular flexibility index (Phi) is 5.04. The molecule has 5 heteroatoms. The molecule has 0 unspecified atom stereocenters. The lowest BCUT2D eigenvalue weighted by molar-refractivity contribution is 0.00578. The average Bonchev–Trinajstić information content (AvgIpc) is 2.62. The van der Waals surface area contributed by atoms with Gasteiger partial charge in [0.05, 0.1) is 11.2 Å². The third-order valence-electron chi connectivity index (χ3n) is 6.34. The van der Waals surface area contributed by atoms with Gasteiger partial charge >= 0.3 is 7.12 Å². The Bertz CT molecular complexity index is 644. The Morgan fingerprint density at radius 2 is 1.44 bits per heavy atom. The molecule has 3 nitrogen and oxygen atoms in total. The molecule has 1 fully saturated rings. The van der Waals surface area contributed by atoms with Crippen molar-refractivity contribution in [3.8, 4) is 5.75 Å². The largest absolute Gasteiger partial charge is 0.543 e. The molecular formula is C20H35BO3Si. The van der Waals surface area contributed by atoms with Crippen LogP contribution in [0.2, 0.25) is 18.1 Å². The maximum Gasteiger partial charge on any atom is 0.494 e. The summed E-state index contributed by atoms with van der Waals surface area (Å²) in [4.78, 5) is 0. The summed E-state index contributed by atoms with van der Waals surface area (Å²) in [7, 11) is -2.26. The fourth-order valence-electron chi connectivity index (χ4n) is 2.50. The molecule has 0 aliphatic carbocycles. The van der Waals surface area contributed by atoms with Crippen molar-refractivity contribution in [1.29, 1.82) is 0 Å². The fourth-order valence-corrected chi connectivity index (χ4v) is 3.57. The summed E-state index contributed by atoms with van der Waals surface area (Å²) in [6.45, 7) is 23.9. The van der Waals surface area contributed by atoms with E-state index in [-0.39, 0.29) is 23.4 Å². The average molecular weight is 362 g/mol. The van der Waals surface area contributed by atoms with Crippen LogP contribution in [0.25, 0.3) is 0 Å². The molecule has 25 heavy (non-hydrogen) atoms. The molecule has 0 bridgehead atoms. The van der Waals surface area contributed by atoms with E-state index in [4.69, 9.17) is 13.7 Å². The lowest BCUT2D eigenvalue weighted by Gasteiger charge is -2.37. The minimum Gasteiger partial charge on any atom is -0.543 e. The van der Waals surface area contributed by atoms with Gasteiger partial charge in [0.25, 0.3) is 0 Å². The molecule has 2 rings (SSSR count). The molecule has 1 aromatic carbocycles. The Balaban J connectivity index is 2.40. The van der Waals surface area contributed by atoms with Gasteiger partial charge in [-0.3, -0.25) is 0 Å². The molecule has 0 saturated carbocycles. The predicted octanol–water partition coefficient (Wildman–Crippen LogP) is 4.99. The molecule has 0 N–H and O–H groups in total. The minimum absolute atomic E-state index is 0.160. The van der Waals surface area contributed by atoms with Gasteiger partial charge in [-0.05, 0) is 82.3 Å². The molecule has 0 spiro atoms. The van der Waals surface area contributed by atoms with Crippen molar-refractivity contribution in [3.05, 3.63) is 23.3 Å². The standard InChI is InChI=1S/C20H35BO3Si/c1-14-12-16(21-23-19(6,7)20(8,9)24-21)13-17(15(14)2)22-25(10,11)18(3,4)5/h12-13H,1-11H3. The van der Waals surface area contributed by atoms with Gasteiger partial charge < -0.3 is 13.7 Å². The van der Waals surface area contributed by atoms with Crippen molar-refractivity contribution in [3.63, 3.8) is 0 Å². The molecule has 1 saturated heterocycles. The fraction of sp³-hybridized carbons (Fsp3) is 0.700. The summed E-state index contributed by atoms with van der Waals surface area (Å²) in [5.74, 6) is 0.969. The third-order valence-corrected chi connectivity index (χ3v) is 10.7. The summed E-state index contributed by atoms with van der Waals surface area (Å²) in [6.07, 6.45) is 0. The lowest BCUT2D eigenvalue weighted by atomic mass is 9.77. The van der Waals surface area contributed by atoms with Gasteiger partial charge in [0.2, 0.25) is 8.32 Å². The molecule has 1 aliphatic heterocycles. The number of hydrogen-bond donors (Lipinski definition) is 0. The van der Waals surface area contributed by atoms with Gasteiger partial charge in [-0.25, -0.2) is 0 Å². The van der Waals surface area contributed by atoms with Crippen LogP contribution in [-0.2, 0) is 9.31 Å². The van der Waals surface area contributed by atoms with Crippen molar-refractivity contribution < 1.29 is 13.7 Å². The summed E-state index contributed by atoms with van der Waals surface area (Å²) >= 11 is 0. The van der Waals surface area contributed by atoms with Gasteiger partial charge in [0.15, 0.2) is 0 Å². The molecule has 1 aliphatic rings. The van der Waals surface area contributed by atoms with Crippen LogP contribution in [0, 0.1) is 13.8 Å². The van der Waals surface area contributed by atoms with Crippen molar-refractivity contribution in [2.45, 2.75) is 91.6 Å². The van der Waals surface area contributed by atoms with Gasteiger partial charge in [0.1, 0.15) is 5.75 Å². The first-order chi connectivity index (χ1) is 11.1. The van der Waals surface area contributed by atoms with E-state index in [0.29, 0.717) is 0 Å². The zero-order valence-corrected chi connectivity index (χ0v) is 19.0. The maximum atomic E-state index is 6.61. The molecule has 140 valence electrons. The van der Waals surface area contributed by atoms with E-state index in [0.717, 1.165) is 11.2 Å². The zero-order chi connectivity index (χ0) is 19.4. The highest BCUT2D eigenvalue weighted by Gasteiger charge is 2.52. The Morgan fingerprint density at radius 3 is 1.88 bits per heavy atom. The predicted molar refractivity (Wildman–Crippen MR) is 109 cm³/mol. The highest BCUT2D eigenvalue weighted by molar-refractivity contribution is 6.74. The molecule has 0 atom stereocenters. The molecule has 0 aromatic heterocycles. The summed E-state index contributed by atoms with van der Waals surface area (Å²) in [6, 6.07) is 4.28. The second-order valence-corrected chi connectivity index (χ2v) is 14.6. The number of rotatable bonds is 3. The van der Waals surface area contributed by atoms with Crippen LogP contribution in [0.4, 0.5) is 0 Å². The van der Waals surface area contributed by atoms with Gasteiger partial charge in [-0.15, -0.1) is 0 Å². The van der Waals surface area contributed by atoms with E-state index in [1.807, 2.05) is 0 Å². The second kappa shape index (κ2) is 6.14. The normalized spacial score (nSPS) is 20.0. The van der Waals surface area contributed by atoms with E-state index in [9.17, 15) is 0 Å². The van der Waals surface area contributed by atoms with Gasteiger partial charge in [0, 0.05) is 0 Å². The SMILES string of the molecule is Cc1cc(B2OC(C)(C)C(C)(C)O2)cc(O[Si](C)(C)C(C)(C)C)c1C. The van der Waals surface area contributed by atoms with E-state index < -0.39 is 8.32 Å². The first kappa shape index (κ1) is 20.5. The minimum atomic E-state index is -1.90. The number of hydrogen-bond acceptors (Lipinski definition) is 3. The lowest BCUT2D eigenvalue weighted by Crippen LogP contribution is -2.44. The smallest absolute Gasteiger partial charge is 0.494 e. The molecule has 1 heterocycles. The quantitative estimate of drug-likeness (QED) is 0.709. The highest BCUT2D eigenvalue weighted by Crippen LogP contribution is 2.39. The highest BCUT2D eigenvalue weighted by atomic mass is 28.4. The molecular weight excluding hydrogens is 327 g/mol. The third kappa shape index (κ3) is 3.83. The van der Waals surface area contributed by atoms with Crippen LogP contribution >= 0.6 is 0 Å². The number of benzene rings is 1. The Morgan fingerprint density at radius 1 is 0.960 bits per heavy atom. The zero-order valence-electron chi connectivity index (χ0n) is 18.0. The summed E-state index contributed by atoms with van der Waals surface area (Å²) < 4.78 is 19.1. The van der Waals surface area contributed by atoms with Crippen LogP contribution in [0.15, 0.2) is 12.1 Å². The van der Waals surface area contributed by atoms with E-state index in [1.54, 1.807) is 0 Å². The molecule has 0 radical (unpaired) electrons. The topological polar surface area (TPSA) is 27.7 Å². The van der Waals surface area contributed by atoms with E-state index >= 15 is 0 Å². The van der Waals surface area contributed by atoms with Crippen LogP contribution in [-0.4, -0.2) is 26.6 Å².